The molecule has 0 spiro atoms. The Morgan fingerprint density at radius 1 is 0.443 bits per heavy atom. The summed E-state index contributed by atoms with van der Waals surface area (Å²) >= 11 is 12.4. The van der Waals surface area contributed by atoms with E-state index in [1.165, 1.54) is 193 Å². The van der Waals surface area contributed by atoms with Crippen LogP contribution in [0.4, 0.5) is 5.69 Å². The molecule has 0 aliphatic heterocycles. The molecule has 0 bridgehead atoms. The van der Waals surface area contributed by atoms with E-state index in [9.17, 15) is 29.1 Å². The maximum absolute atomic E-state index is 13.7. The molecular formula is C90H159BrCl2N5O17+. The SMILES string of the molecule is Br.CCCCCCCCCCCCCCCCCCOCC(C[N+](C)(C)CCCNC(=O)CCOCCOCCOCCOCCOCCOCCOCCOCCOCCC(=O)NCCC1(C(=O)N[C@@H](Cc2ccc(NC(=O)c3c(Cl)cccc3Cl)cc2)C(=O)O)CCCC1)OCCCCCCCCCCCCCCCCCC. The topological polar surface area (TPSA) is 255 Å². The largest absolute Gasteiger partial charge is 0.480 e. The second-order valence-corrected chi connectivity index (χ2v) is 32.4. The van der Waals surface area contributed by atoms with Gasteiger partial charge in [-0.15, -0.1) is 17.0 Å². The number of aliphatic carboxylic acids is 1. The fourth-order valence-electron chi connectivity index (χ4n) is 14.2. The lowest BCUT2D eigenvalue weighted by molar-refractivity contribution is -0.893. The number of rotatable bonds is 83. The number of nitrogens with zero attached hydrogens (tertiary/aromatic N) is 1. The van der Waals surface area contributed by atoms with Gasteiger partial charge in [-0.3, -0.25) is 19.2 Å². The summed E-state index contributed by atoms with van der Waals surface area (Å²) in [5.41, 5.74) is 0.468. The molecule has 3 rings (SSSR count). The molecule has 22 nitrogen and oxygen atoms in total. The molecule has 4 amide bonds. The van der Waals surface area contributed by atoms with Gasteiger partial charge in [-0.1, -0.05) is 261 Å². The van der Waals surface area contributed by atoms with E-state index >= 15 is 0 Å². The van der Waals surface area contributed by atoms with Crippen LogP contribution < -0.4 is 21.3 Å². The molecule has 0 heterocycles. The molecule has 1 aliphatic carbocycles. The van der Waals surface area contributed by atoms with E-state index < -0.39 is 23.3 Å². The van der Waals surface area contributed by atoms with Gasteiger partial charge in [-0.25, -0.2) is 4.79 Å². The van der Waals surface area contributed by atoms with E-state index in [2.05, 4.69) is 49.2 Å². The van der Waals surface area contributed by atoms with Crippen LogP contribution in [0, 0.1) is 5.41 Å². The van der Waals surface area contributed by atoms with Gasteiger partial charge in [0.05, 0.1) is 167 Å². The second kappa shape index (κ2) is 75.3. The molecule has 2 aromatic carbocycles. The number of nitrogens with one attached hydrogen (secondary N) is 4. The Labute approximate surface area is 715 Å². The summed E-state index contributed by atoms with van der Waals surface area (Å²) in [4.78, 5) is 64.1. The molecule has 1 unspecified atom stereocenters. The zero-order valence-corrected chi connectivity index (χ0v) is 75.2. The number of carboxylic acids is 1. The minimum atomic E-state index is -1.18. The summed E-state index contributed by atoms with van der Waals surface area (Å²) in [5.74, 6) is -2.19. The highest BCUT2D eigenvalue weighted by atomic mass is 79.9. The minimum absolute atomic E-state index is 0. The molecule has 666 valence electrons. The zero-order chi connectivity index (χ0) is 82.2. The van der Waals surface area contributed by atoms with E-state index in [-0.39, 0.29) is 82.4 Å². The lowest BCUT2D eigenvalue weighted by Crippen LogP contribution is -2.49. The first-order chi connectivity index (χ1) is 55.7. The monoisotopic (exact) mass is 1730 g/mol. The number of anilines is 1. The maximum Gasteiger partial charge on any atom is 0.326 e. The number of likely N-dealkylation sites (N-methyl/N-ethyl adjacent to an activating group) is 1. The van der Waals surface area contributed by atoms with Gasteiger partial charge in [0.1, 0.15) is 18.7 Å². The summed E-state index contributed by atoms with van der Waals surface area (Å²) in [5, 5.41) is 22.0. The molecule has 115 heavy (non-hydrogen) atoms. The zero-order valence-electron chi connectivity index (χ0n) is 72.0. The van der Waals surface area contributed by atoms with Crippen LogP contribution in [0.3, 0.4) is 0 Å². The van der Waals surface area contributed by atoms with Crippen LogP contribution in [0.25, 0.3) is 0 Å². The molecule has 2 atom stereocenters. The van der Waals surface area contributed by atoms with Crippen LogP contribution in [0.2, 0.25) is 10.0 Å². The normalized spacial score (nSPS) is 13.2. The number of carbonyl (C=O) groups is 5. The molecule has 2 aromatic rings. The molecule has 0 saturated heterocycles. The van der Waals surface area contributed by atoms with Crippen LogP contribution in [-0.2, 0) is 77.7 Å². The highest BCUT2D eigenvalue weighted by Crippen LogP contribution is 2.41. The Balaban J connectivity index is 0.0000449. The van der Waals surface area contributed by atoms with Crippen molar-refractivity contribution in [1.82, 2.24) is 16.0 Å². The van der Waals surface area contributed by atoms with Gasteiger partial charge in [0.15, 0.2) is 0 Å². The molecule has 0 radical (unpaired) electrons. The first kappa shape index (κ1) is 107. The summed E-state index contributed by atoms with van der Waals surface area (Å²) in [7, 11) is 4.54. The number of unbranched alkanes of at least 4 members (excludes halogenated alkanes) is 30. The van der Waals surface area contributed by atoms with Gasteiger partial charge in [-0.2, -0.15) is 0 Å². The van der Waals surface area contributed by atoms with Gasteiger partial charge in [0, 0.05) is 57.7 Å². The van der Waals surface area contributed by atoms with Gasteiger partial charge < -0.3 is 83.0 Å². The third kappa shape index (κ3) is 60.5. The first-order valence-electron chi connectivity index (χ1n) is 44.8. The Kier molecular flexibility index (Phi) is 70.4. The fourth-order valence-corrected chi connectivity index (χ4v) is 14.8. The number of quaternary nitrogens is 1. The number of benzene rings is 2. The van der Waals surface area contributed by atoms with E-state index in [0.717, 1.165) is 62.9 Å². The average molecular weight is 1730 g/mol. The molecule has 5 N–H and O–H groups in total. The average Bonchev–Trinajstić information content (AvgIpc) is 1.71. The van der Waals surface area contributed by atoms with E-state index in [1.807, 2.05) is 0 Å². The standard InChI is InChI=1S/C90H157Cl2N5O17.BrH/c1-5-7-9-11-13-15-17-19-21-23-25-27-29-31-33-37-55-113-77-80(114-56-38-34-32-30-28-26-24-22-20-18-16-14-12-10-8-6-2)76-97(3,4)54-40-52-93-84(98)47-57-104-59-61-106-63-65-108-67-69-110-71-73-112-74-72-111-70-68-109-66-64-107-62-60-105-58-48-85(99)94-53-51-90(49-35-36-50-90)89(103)96-83(88(101)102)75-78-43-45-79(46-44-78)95-87(100)86-81(91)41-39-42-82(86)92;/h39,41-46,80,83H,5-38,40,47-77H2,1-4H3,(H4-,93,94,95,96,98,99,100,101,102,103);1H/p+1/t80?,83-;/m0./s1. The molecule has 1 fully saturated rings. The van der Waals surface area contributed by atoms with Crippen molar-refractivity contribution in [3.63, 3.8) is 0 Å². The third-order valence-electron chi connectivity index (χ3n) is 21.1. The summed E-state index contributed by atoms with van der Waals surface area (Å²) < 4.78 is 64.1. The second-order valence-electron chi connectivity index (χ2n) is 31.6. The van der Waals surface area contributed by atoms with Crippen LogP contribution in [0.15, 0.2) is 42.5 Å². The van der Waals surface area contributed by atoms with E-state index in [1.54, 1.807) is 42.5 Å². The Bertz CT molecular complexity index is 2630. The highest BCUT2D eigenvalue weighted by Gasteiger charge is 2.42. The lowest BCUT2D eigenvalue weighted by Gasteiger charge is -2.33. The van der Waals surface area contributed by atoms with Crippen molar-refractivity contribution in [3.8, 4) is 0 Å². The predicted octanol–water partition coefficient (Wildman–Crippen LogP) is 18.4. The molecule has 1 aliphatic rings. The van der Waals surface area contributed by atoms with Gasteiger partial charge >= 0.3 is 5.97 Å². The van der Waals surface area contributed by atoms with Gasteiger partial charge in [0.25, 0.3) is 5.91 Å². The van der Waals surface area contributed by atoms with Crippen LogP contribution in [-0.4, -0.2) is 230 Å². The minimum Gasteiger partial charge on any atom is -0.480 e. The molecule has 0 aromatic heterocycles. The number of carbonyl (C=O) groups excluding carboxylic acids is 4. The van der Waals surface area contributed by atoms with Gasteiger partial charge in [0.2, 0.25) is 17.7 Å². The summed E-state index contributed by atoms with van der Waals surface area (Å²) in [6.07, 6.45) is 48.3. The molecule has 1 saturated carbocycles. The van der Waals surface area contributed by atoms with Crippen molar-refractivity contribution in [2.75, 3.05) is 184 Å². The van der Waals surface area contributed by atoms with Crippen LogP contribution >= 0.6 is 40.2 Å². The summed E-state index contributed by atoms with van der Waals surface area (Å²) in [6.45, 7) is 16.8. The number of hydrogen-bond acceptors (Lipinski definition) is 16. The van der Waals surface area contributed by atoms with Crippen molar-refractivity contribution in [1.29, 1.82) is 0 Å². The molecular weight excluding hydrogens is 1570 g/mol. The Morgan fingerprint density at radius 3 is 1.18 bits per heavy atom. The highest BCUT2D eigenvalue weighted by molar-refractivity contribution is 8.93. The van der Waals surface area contributed by atoms with E-state index in [4.69, 9.17) is 75.3 Å². The molecule has 25 heteroatoms. The fraction of sp³-hybridized carbons (Fsp3) is 0.811. The van der Waals surface area contributed by atoms with Crippen molar-refractivity contribution < 1.29 is 85.7 Å². The van der Waals surface area contributed by atoms with Crippen LogP contribution in [0.1, 0.15) is 287 Å². The maximum atomic E-state index is 13.7. The third-order valence-corrected chi connectivity index (χ3v) is 21.7. The lowest BCUT2D eigenvalue weighted by atomic mass is 9.81. The number of carboxylic acid groups (broad SMARTS) is 1. The van der Waals surface area contributed by atoms with E-state index in [0.29, 0.717) is 162 Å². The number of ether oxygens (including phenoxy) is 11. The first-order valence-corrected chi connectivity index (χ1v) is 45.6. The Hall–Kier alpha value is -3.63. The van der Waals surface area contributed by atoms with Crippen molar-refractivity contribution >= 4 is 75.5 Å². The summed E-state index contributed by atoms with van der Waals surface area (Å²) in [6, 6.07) is 10.3. The van der Waals surface area contributed by atoms with Crippen molar-refractivity contribution in [2.24, 2.45) is 5.41 Å². The number of hydrogen-bond donors (Lipinski definition) is 5. The van der Waals surface area contributed by atoms with Crippen LogP contribution in [0.5, 0.6) is 0 Å². The predicted molar refractivity (Wildman–Crippen MR) is 469 cm³/mol. The quantitative estimate of drug-likeness (QED) is 0.0305. The van der Waals surface area contributed by atoms with Gasteiger partial charge in [-0.05, 0) is 61.9 Å². The number of halogens is 3. The van der Waals surface area contributed by atoms with Crippen molar-refractivity contribution in [2.45, 2.75) is 289 Å². The Morgan fingerprint density at radius 2 is 0.800 bits per heavy atom. The van der Waals surface area contributed by atoms with Crippen molar-refractivity contribution in [3.05, 3.63) is 63.6 Å². The smallest absolute Gasteiger partial charge is 0.326 e. The number of amides is 4.